The molecule has 2 N–H and O–H groups in total. The molecule has 0 spiro atoms. The molecule has 0 aromatic heterocycles. The number of aliphatic carboxylic acids is 1. The number of hydrogen-bond donors (Lipinski definition) is 2. The van der Waals surface area contributed by atoms with Crippen molar-refractivity contribution in [2.24, 2.45) is 0 Å². The summed E-state index contributed by atoms with van der Waals surface area (Å²) in [5.41, 5.74) is 1.72. The Kier molecular flexibility index (Phi) is 3.18. The van der Waals surface area contributed by atoms with Crippen LogP contribution in [0.4, 0.5) is 0 Å². The molecule has 0 aliphatic carbocycles. The Morgan fingerprint density at radius 3 is 3.09 bits per heavy atom. The molecule has 4 heterocycles. The number of allylic oxidation sites excluding steroid dienone is 1. The first-order valence-corrected chi connectivity index (χ1v) is 8.47. The van der Waals surface area contributed by atoms with E-state index >= 15 is 0 Å². The van der Waals surface area contributed by atoms with Gasteiger partial charge in [0.05, 0.1) is 17.4 Å². The van der Waals surface area contributed by atoms with Gasteiger partial charge in [0.25, 0.3) is 5.91 Å². The fourth-order valence-corrected chi connectivity index (χ4v) is 4.48. The number of carboxylic acids is 1. The van der Waals surface area contributed by atoms with Crippen LogP contribution in [0.3, 0.4) is 0 Å². The van der Waals surface area contributed by atoms with Crippen LogP contribution in [0.5, 0.6) is 0 Å². The van der Waals surface area contributed by atoms with Gasteiger partial charge in [0.15, 0.2) is 0 Å². The van der Waals surface area contributed by atoms with E-state index in [4.69, 9.17) is 5.11 Å². The predicted molar refractivity (Wildman–Crippen MR) is 82.2 cm³/mol. The zero-order valence-electron chi connectivity index (χ0n) is 12.0. The van der Waals surface area contributed by atoms with Crippen molar-refractivity contribution < 1.29 is 14.7 Å². The van der Waals surface area contributed by atoms with Crippen molar-refractivity contribution in [3.8, 4) is 0 Å². The van der Waals surface area contributed by atoms with Crippen LogP contribution in [-0.2, 0) is 9.59 Å². The Hall–Kier alpha value is -1.89. The second-order valence-electron chi connectivity index (χ2n) is 5.90. The molecule has 0 bridgehead atoms. The number of carbonyl (C=O) groups is 2. The molecule has 4 rings (SSSR count). The Labute approximate surface area is 132 Å². The average molecular weight is 319 g/mol. The maximum Gasteiger partial charge on any atom is 0.353 e. The predicted octanol–water partition coefficient (Wildman–Crippen LogP) is 1.40. The van der Waals surface area contributed by atoms with Gasteiger partial charge >= 0.3 is 5.97 Å². The largest absolute Gasteiger partial charge is 0.477 e. The third-order valence-corrected chi connectivity index (χ3v) is 5.58. The smallest absolute Gasteiger partial charge is 0.353 e. The lowest BCUT2D eigenvalue weighted by Crippen LogP contribution is -2.51. The van der Waals surface area contributed by atoms with Crippen LogP contribution in [0.2, 0.25) is 0 Å². The minimum absolute atomic E-state index is 0.0828. The van der Waals surface area contributed by atoms with Crippen molar-refractivity contribution in [1.82, 2.24) is 15.1 Å². The van der Waals surface area contributed by atoms with E-state index in [2.05, 4.69) is 16.4 Å². The molecule has 7 heteroatoms. The molecule has 4 aliphatic heterocycles. The van der Waals surface area contributed by atoms with Crippen molar-refractivity contribution in [3.05, 3.63) is 34.7 Å². The van der Waals surface area contributed by atoms with Gasteiger partial charge in [-0.2, -0.15) is 0 Å². The molecule has 4 aliphatic rings. The van der Waals surface area contributed by atoms with Gasteiger partial charge in [-0.25, -0.2) is 4.79 Å². The van der Waals surface area contributed by atoms with Gasteiger partial charge < -0.3 is 15.3 Å². The van der Waals surface area contributed by atoms with E-state index in [1.807, 2.05) is 6.08 Å². The summed E-state index contributed by atoms with van der Waals surface area (Å²) in [6, 6.07) is 0. The maximum absolute atomic E-state index is 12.2. The first kappa shape index (κ1) is 13.8. The standard InChI is InChI=1S/C15H17N3O3S/c19-13-10(14-18(13)11(8-22-14)15(20)21)6-9-7-17-5-3-1-2-4-12(17)16-9/h6-8,12,14,16H,1-5H2,(H,20,21). The lowest BCUT2D eigenvalue weighted by atomic mass is 10.0. The molecule has 1 amide bonds. The van der Waals surface area contributed by atoms with Gasteiger partial charge in [0.2, 0.25) is 0 Å². The van der Waals surface area contributed by atoms with E-state index < -0.39 is 5.97 Å². The fraction of sp³-hybridized carbons (Fsp3) is 0.467. The molecule has 6 nitrogen and oxygen atoms in total. The summed E-state index contributed by atoms with van der Waals surface area (Å²) in [7, 11) is 0. The SMILES string of the molecule is O=C(O)C1=CSC2C(=CC3=CN4CCCCCC4N3)C(=O)N12. The van der Waals surface area contributed by atoms with Crippen molar-refractivity contribution >= 4 is 23.6 Å². The van der Waals surface area contributed by atoms with Crippen molar-refractivity contribution in [2.75, 3.05) is 6.54 Å². The molecule has 116 valence electrons. The monoisotopic (exact) mass is 319 g/mol. The van der Waals surface area contributed by atoms with Gasteiger partial charge in [-0.3, -0.25) is 9.69 Å². The Morgan fingerprint density at radius 1 is 1.41 bits per heavy atom. The van der Waals surface area contributed by atoms with E-state index in [-0.39, 0.29) is 17.0 Å². The van der Waals surface area contributed by atoms with Crippen molar-refractivity contribution in [1.29, 1.82) is 0 Å². The van der Waals surface area contributed by atoms with E-state index in [0.29, 0.717) is 11.7 Å². The number of carbonyl (C=O) groups excluding carboxylic acids is 1. The number of amides is 1. The summed E-state index contributed by atoms with van der Waals surface area (Å²) in [6.07, 6.45) is 9.12. The molecule has 2 atom stereocenters. The molecule has 0 aromatic carbocycles. The van der Waals surface area contributed by atoms with Crippen LogP contribution in [0, 0.1) is 0 Å². The summed E-state index contributed by atoms with van der Waals surface area (Å²) in [5.74, 6) is -1.25. The number of fused-ring (bicyclic) bond motifs is 2. The van der Waals surface area contributed by atoms with E-state index in [0.717, 1.165) is 18.7 Å². The summed E-state index contributed by atoms with van der Waals surface area (Å²) in [4.78, 5) is 26.9. The molecule has 2 fully saturated rings. The molecular weight excluding hydrogens is 302 g/mol. The quantitative estimate of drug-likeness (QED) is 0.592. The minimum Gasteiger partial charge on any atom is -0.477 e. The highest BCUT2D eigenvalue weighted by Crippen LogP contribution is 2.44. The van der Waals surface area contributed by atoms with Crippen LogP contribution >= 0.6 is 11.8 Å². The molecule has 2 saturated heterocycles. The molecule has 0 aromatic rings. The first-order chi connectivity index (χ1) is 10.6. The number of thioether (sulfide) groups is 1. The van der Waals surface area contributed by atoms with Gasteiger partial charge in [0, 0.05) is 18.2 Å². The van der Waals surface area contributed by atoms with Crippen LogP contribution in [-0.4, -0.2) is 44.9 Å². The van der Waals surface area contributed by atoms with Crippen molar-refractivity contribution in [2.45, 2.75) is 37.2 Å². The van der Waals surface area contributed by atoms with Gasteiger partial charge in [0.1, 0.15) is 11.1 Å². The molecule has 0 radical (unpaired) electrons. The Morgan fingerprint density at radius 2 is 2.27 bits per heavy atom. The second kappa shape index (κ2) is 5.08. The lowest BCUT2D eigenvalue weighted by molar-refractivity contribution is -0.141. The number of rotatable bonds is 2. The third kappa shape index (κ3) is 2.03. The molecule has 2 unspecified atom stereocenters. The fourth-order valence-electron chi connectivity index (χ4n) is 3.36. The highest BCUT2D eigenvalue weighted by molar-refractivity contribution is 8.03. The van der Waals surface area contributed by atoms with Crippen LogP contribution < -0.4 is 5.32 Å². The van der Waals surface area contributed by atoms with E-state index in [1.54, 1.807) is 5.41 Å². The summed E-state index contributed by atoms with van der Waals surface area (Å²) in [6.45, 7) is 1.05. The topological polar surface area (TPSA) is 72.9 Å². The lowest BCUT2D eigenvalue weighted by Gasteiger charge is -2.37. The van der Waals surface area contributed by atoms with E-state index in [1.165, 1.54) is 35.9 Å². The molecule has 22 heavy (non-hydrogen) atoms. The average Bonchev–Trinajstić information content (AvgIpc) is 3.00. The maximum atomic E-state index is 12.2. The number of hydrogen-bond acceptors (Lipinski definition) is 5. The normalized spacial score (nSPS) is 31.8. The summed E-state index contributed by atoms with van der Waals surface area (Å²) in [5, 5.41) is 13.9. The number of nitrogens with one attached hydrogen (secondary N) is 1. The van der Waals surface area contributed by atoms with Crippen LogP contribution in [0.25, 0.3) is 0 Å². The number of β-lactam (4-membered cyclic amide) rings is 1. The third-order valence-electron chi connectivity index (χ3n) is 4.50. The Bertz CT molecular complexity index is 640. The van der Waals surface area contributed by atoms with E-state index in [9.17, 15) is 9.59 Å². The van der Waals surface area contributed by atoms with Crippen LogP contribution in [0.1, 0.15) is 25.7 Å². The minimum atomic E-state index is -1.05. The number of carboxylic acid groups (broad SMARTS) is 1. The zero-order chi connectivity index (χ0) is 15.3. The highest BCUT2D eigenvalue weighted by Gasteiger charge is 2.49. The second-order valence-corrected chi connectivity index (χ2v) is 6.86. The number of nitrogens with zero attached hydrogens (tertiary/aromatic N) is 2. The summed E-state index contributed by atoms with van der Waals surface area (Å²) >= 11 is 1.38. The van der Waals surface area contributed by atoms with Gasteiger partial charge in [-0.15, -0.1) is 11.8 Å². The molecule has 0 saturated carbocycles. The Balaban J connectivity index is 1.50. The summed E-state index contributed by atoms with van der Waals surface area (Å²) < 4.78 is 0. The van der Waals surface area contributed by atoms with Crippen molar-refractivity contribution in [3.63, 3.8) is 0 Å². The van der Waals surface area contributed by atoms with Gasteiger partial charge in [-0.05, 0) is 25.3 Å². The first-order valence-electron chi connectivity index (χ1n) is 7.53. The van der Waals surface area contributed by atoms with Gasteiger partial charge in [-0.1, -0.05) is 6.42 Å². The van der Waals surface area contributed by atoms with Crippen LogP contribution in [0.15, 0.2) is 34.7 Å². The zero-order valence-corrected chi connectivity index (χ0v) is 12.8. The molecular formula is C15H17N3O3S. The highest BCUT2D eigenvalue weighted by atomic mass is 32.2.